The lowest BCUT2D eigenvalue weighted by Crippen LogP contribution is -2.25. The van der Waals surface area contributed by atoms with E-state index in [1.54, 1.807) is 23.0 Å². The van der Waals surface area contributed by atoms with Crippen LogP contribution in [0, 0.1) is 12.8 Å². The SMILES string of the molecule is Cc1nc2c(Nc3ccc(-c4cnn(C)c4)cc3N(C)S(C)(=O)=O)cc(CC(=O)[C@H]3C[C@@H]3F)nc2n1C1CCCCO1. The topological polar surface area (TPSA) is 124 Å². The van der Waals surface area contributed by atoms with Gasteiger partial charge in [-0.3, -0.25) is 18.3 Å². The number of halogens is 1. The molecule has 11 nitrogen and oxygen atoms in total. The summed E-state index contributed by atoms with van der Waals surface area (Å²) < 4.78 is 49.9. The van der Waals surface area contributed by atoms with Crippen molar-refractivity contribution in [2.24, 2.45) is 13.0 Å². The van der Waals surface area contributed by atoms with Gasteiger partial charge in [0.1, 0.15) is 29.5 Å². The fraction of sp³-hybridized carbons (Fsp3) is 0.448. The van der Waals surface area contributed by atoms with Crippen LogP contribution in [0.5, 0.6) is 0 Å². The Kier molecular flexibility index (Phi) is 7.26. The molecule has 1 unspecified atom stereocenters. The van der Waals surface area contributed by atoms with Crippen molar-refractivity contribution in [2.45, 2.75) is 51.4 Å². The summed E-state index contributed by atoms with van der Waals surface area (Å²) in [5.41, 5.74) is 4.75. The third-order valence-electron chi connectivity index (χ3n) is 7.94. The molecule has 1 aromatic carbocycles. The van der Waals surface area contributed by atoms with Crippen LogP contribution in [0.15, 0.2) is 36.7 Å². The number of nitrogens with one attached hydrogen (secondary N) is 1. The molecule has 0 spiro atoms. The maximum Gasteiger partial charge on any atom is 0.232 e. The Morgan fingerprint density at radius 1 is 1.19 bits per heavy atom. The summed E-state index contributed by atoms with van der Waals surface area (Å²) in [6.07, 6.45) is 6.44. The number of aromatic nitrogens is 5. The number of nitrogens with zero attached hydrogens (tertiary/aromatic N) is 6. The Bertz CT molecular complexity index is 1780. The molecule has 1 saturated carbocycles. The van der Waals surface area contributed by atoms with E-state index < -0.39 is 22.1 Å². The molecule has 222 valence electrons. The van der Waals surface area contributed by atoms with E-state index >= 15 is 0 Å². The molecular formula is C29H34FN7O4S. The van der Waals surface area contributed by atoms with E-state index in [1.165, 1.54) is 11.4 Å². The van der Waals surface area contributed by atoms with Gasteiger partial charge in [0.25, 0.3) is 0 Å². The van der Waals surface area contributed by atoms with Crippen molar-refractivity contribution in [3.63, 3.8) is 0 Å². The highest BCUT2D eigenvalue weighted by Gasteiger charge is 2.43. The number of anilines is 3. The maximum atomic E-state index is 13.7. The zero-order chi connectivity index (χ0) is 29.8. The fourth-order valence-electron chi connectivity index (χ4n) is 5.46. The van der Waals surface area contributed by atoms with Crippen LogP contribution >= 0.6 is 0 Å². The van der Waals surface area contributed by atoms with E-state index in [0.29, 0.717) is 46.4 Å². The summed E-state index contributed by atoms with van der Waals surface area (Å²) in [7, 11) is -0.299. The van der Waals surface area contributed by atoms with Gasteiger partial charge in [-0.15, -0.1) is 0 Å². The highest BCUT2D eigenvalue weighted by molar-refractivity contribution is 7.92. The zero-order valence-electron chi connectivity index (χ0n) is 24.0. The lowest BCUT2D eigenvalue weighted by atomic mass is 10.1. The highest BCUT2D eigenvalue weighted by Crippen LogP contribution is 2.39. The summed E-state index contributed by atoms with van der Waals surface area (Å²) >= 11 is 0. The standard InChI is InChI=1S/C29H34FN7O4S/c1-17-32-28-24(34-23-9-8-18(19-15-31-35(2)16-19)11-25(23)36(3)42(4,39)40)12-20(13-26(38)21-14-22(21)30)33-29(28)37(17)27-7-5-6-10-41-27/h8-9,11-12,15-16,21-22,27H,5-7,10,13-14H2,1-4H3,(H,33,34)/t21-,22-,27?/m0/s1. The molecule has 4 heterocycles. The average Bonchev–Trinajstić information content (AvgIpc) is 3.36. The molecular weight excluding hydrogens is 561 g/mol. The van der Waals surface area contributed by atoms with Crippen LogP contribution in [0.2, 0.25) is 0 Å². The van der Waals surface area contributed by atoms with Gasteiger partial charge < -0.3 is 10.1 Å². The molecule has 1 N–H and O–H groups in total. The molecule has 1 aliphatic carbocycles. The van der Waals surface area contributed by atoms with Gasteiger partial charge in [0.2, 0.25) is 10.0 Å². The van der Waals surface area contributed by atoms with Gasteiger partial charge in [-0.05, 0) is 56.4 Å². The quantitative estimate of drug-likeness (QED) is 0.301. The second kappa shape index (κ2) is 10.8. The van der Waals surface area contributed by atoms with Crippen LogP contribution in [-0.4, -0.2) is 64.6 Å². The molecule has 2 fully saturated rings. The van der Waals surface area contributed by atoms with Crippen LogP contribution < -0.4 is 9.62 Å². The van der Waals surface area contributed by atoms with E-state index in [0.717, 1.165) is 36.6 Å². The van der Waals surface area contributed by atoms with Gasteiger partial charge in [-0.1, -0.05) is 6.07 Å². The molecule has 4 aromatic rings. The van der Waals surface area contributed by atoms with E-state index in [2.05, 4.69) is 10.4 Å². The van der Waals surface area contributed by atoms with Crippen molar-refractivity contribution >= 4 is 44.0 Å². The van der Waals surface area contributed by atoms with Gasteiger partial charge in [0.05, 0.1) is 41.1 Å². The van der Waals surface area contributed by atoms with Crippen molar-refractivity contribution in [3.8, 4) is 11.1 Å². The summed E-state index contributed by atoms with van der Waals surface area (Å²) in [6, 6.07) is 7.23. The Morgan fingerprint density at radius 3 is 2.62 bits per heavy atom. The first-order valence-corrected chi connectivity index (χ1v) is 15.9. The lowest BCUT2D eigenvalue weighted by molar-refractivity contribution is -0.120. The van der Waals surface area contributed by atoms with Crippen LogP contribution in [0.3, 0.4) is 0 Å². The normalized spacial score (nSPS) is 20.5. The van der Waals surface area contributed by atoms with Crippen LogP contribution in [0.25, 0.3) is 22.3 Å². The minimum atomic E-state index is -3.61. The van der Waals surface area contributed by atoms with Gasteiger partial charge in [0.15, 0.2) is 5.65 Å². The summed E-state index contributed by atoms with van der Waals surface area (Å²) in [4.78, 5) is 22.4. The molecule has 0 amide bonds. The number of Topliss-reactive ketones (excluding diaryl/α,β-unsaturated/α-hetero) is 1. The van der Waals surface area contributed by atoms with E-state index in [4.69, 9.17) is 14.7 Å². The molecule has 1 saturated heterocycles. The number of ether oxygens (including phenoxy) is 1. The average molecular weight is 596 g/mol. The van der Waals surface area contributed by atoms with Crippen molar-refractivity contribution in [1.29, 1.82) is 0 Å². The summed E-state index contributed by atoms with van der Waals surface area (Å²) in [5, 5.41) is 7.63. The van der Waals surface area contributed by atoms with E-state index in [9.17, 15) is 17.6 Å². The monoisotopic (exact) mass is 595 g/mol. The van der Waals surface area contributed by atoms with Crippen LogP contribution in [-0.2, 0) is 33.0 Å². The first-order valence-electron chi connectivity index (χ1n) is 14.0. The minimum Gasteiger partial charge on any atom is -0.358 e. The Labute approximate surface area is 243 Å². The number of carbonyl (C=O) groups excluding carboxylic acids is 1. The molecule has 3 aromatic heterocycles. The zero-order valence-corrected chi connectivity index (χ0v) is 24.9. The van der Waals surface area contributed by atoms with Gasteiger partial charge in [-0.25, -0.2) is 22.8 Å². The molecule has 3 atom stereocenters. The third-order valence-corrected chi connectivity index (χ3v) is 9.14. The van der Waals surface area contributed by atoms with Gasteiger partial charge >= 0.3 is 0 Å². The van der Waals surface area contributed by atoms with Gasteiger partial charge in [0, 0.05) is 38.9 Å². The summed E-state index contributed by atoms with van der Waals surface area (Å²) in [6.45, 7) is 2.52. The van der Waals surface area contributed by atoms with Crippen molar-refractivity contribution in [2.75, 3.05) is 29.5 Å². The Balaban J connectivity index is 1.46. The number of alkyl halides is 1. The first-order chi connectivity index (χ1) is 20.0. The van der Waals surface area contributed by atoms with E-state index in [-0.39, 0.29) is 24.9 Å². The number of hydrogen-bond acceptors (Lipinski definition) is 8. The second-order valence-corrected chi connectivity index (χ2v) is 13.2. The number of imidazole rings is 1. The largest absolute Gasteiger partial charge is 0.358 e. The Morgan fingerprint density at radius 2 is 1.98 bits per heavy atom. The predicted octanol–water partition coefficient (Wildman–Crippen LogP) is 4.45. The van der Waals surface area contributed by atoms with Crippen molar-refractivity contribution in [1.82, 2.24) is 24.3 Å². The lowest BCUT2D eigenvalue weighted by Gasteiger charge is -2.25. The number of fused-ring (bicyclic) bond motifs is 1. The number of carbonyl (C=O) groups is 1. The van der Waals surface area contributed by atoms with Crippen molar-refractivity contribution in [3.05, 3.63) is 48.2 Å². The number of hydrogen-bond donors (Lipinski definition) is 1. The molecule has 13 heteroatoms. The molecule has 2 aliphatic rings. The maximum absolute atomic E-state index is 13.7. The van der Waals surface area contributed by atoms with E-state index in [1.807, 2.05) is 36.9 Å². The number of rotatable bonds is 9. The number of ketones is 1. The van der Waals surface area contributed by atoms with Crippen LogP contribution in [0.4, 0.5) is 21.5 Å². The number of aryl methyl sites for hydroxylation is 2. The fourth-order valence-corrected chi connectivity index (χ4v) is 5.97. The molecule has 0 radical (unpaired) electrons. The molecule has 6 rings (SSSR count). The molecule has 0 bridgehead atoms. The Hall–Kier alpha value is -3.84. The highest BCUT2D eigenvalue weighted by atomic mass is 32.2. The van der Waals surface area contributed by atoms with Crippen LogP contribution in [0.1, 0.15) is 43.4 Å². The number of pyridine rings is 1. The molecule has 42 heavy (non-hydrogen) atoms. The summed E-state index contributed by atoms with van der Waals surface area (Å²) in [5.74, 6) is -0.0556. The number of benzene rings is 1. The number of sulfonamides is 1. The van der Waals surface area contributed by atoms with Crippen molar-refractivity contribution < 1.29 is 22.3 Å². The second-order valence-electron chi connectivity index (χ2n) is 11.2. The minimum absolute atomic E-state index is 0.0124. The molecule has 1 aliphatic heterocycles. The predicted molar refractivity (Wildman–Crippen MR) is 158 cm³/mol. The first kappa shape index (κ1) is 28.3. The smallest absolute Gasteiger partial charge is 0.232 e. The third kappa shape index (κ3) is 5.50. The van der Waals surface area contributed by atoms with Gasteiger partial charge in [-0.2, -0.15) is 5.10 Å².